The highest BCUT2D eigenvalue weighted by atomic mass is 35.5. The van der Waals surface area contributed by atoms with Crippen LogP contribution in [-0.4, -0.2) is 0 Å². The van der Waals surface area contributed by atoms with E-state index in [4.69, 9.17) is 34.5 Å². The average molecular weight is 173 g/mol. The summed E-state index contributed by atoms with van der Waals surface area (Å²) in [5.41, 5.74) is 23.0. The van der Waals surface area contributed by atoms with Crippen LogP contribution in [-0.2, 0) is 0 Å². The molecule has 0 aliphatic carbocycles. The van der Waals surface area contributed by atoms with Gasteiger partial charge in [-0.05, 0) is 6.07 Å². The first kappa shape index (κ1) is 7.81. The van der Waals surface area contributed by atoms with E-state index in [9.17, 15) is 0 Å². The van der Waals surface area contributed by atoms with E-state index in [1.54, 1.807) is 0 Å². The van der Waals surface area contributed by atoms with Crippen LogP contribution < -0.4 is 22.9 Å². The highest BCUT2D eigenvalue weighted by molar-refractivity contribution is 6.36. The van der Waals surface area contributed by atoms with Crippen LogP contribution in [0.25, 0.3) is 0 Å². The highest BCUT2D eigenvalue weighted by Crippen LogP contribution is 2.34. The molecule has 4 nitrogen and oxygen atoms in total. The molecule has 1 rings (SSSR count). The predicted octanol–water partition coefficient (Wildman–Crippen LogP) is 0.669. The van der Waals surface area contributed by atoms with Gasteiger partial charge in [-0.2, -0.15) is 0 Å². The van der Waals surface area contributed by atoms with E-state index >= 15 is 0 Å². The molecule has 1 aromatic carbocycles. The van der Waals surface area contributed by atoms with E-state index in [1.165, 1.54) is 6.07 Å². The Morgan fingerprint density at radius 2 is 1.45 bits per heavy atom. The summed E-state index contributed by atoms with van der Waals surface area (Å²) < 4.78 is 0. The van der Waals surface area contributed by atoms with Crippen LogP contribution in [0.2, 0.25) is 5.02 Å². The second-order valence-corrected chi connectivity index (χ2v) is 2.57. The van der Waals surface area contributed by atoms with Crippen LogP contribution in [0.15, 0.2) is 6.07 Å². The summed E-state index contributed by atoms with van der Waals surface area (Å²) in [6.07, 6.45) is 0. The van der Waals surface area contributed by atoms with Crippen LogP contribution >= 0.6 is 11.6 Å². The molecule has 0 unspecified atom stereocenters. The van der Waals surface area contributed by atoms with Crippen molar-refractivity contribution in [1.29, 1.82) is 0 Å². The minimum absolute atomic E-state index is 0.240. The summed E-state index contributed by atoms with van der Waals surface area (Å²) in [5, 5.41) is 0.261. The third-order valence-electron chi connectivity index (χ3n) is 1.40. The molecule has 60 valence electrons. The summed E-state index contributed by atoms with van der Waals surface area (Å²) in [6.45, 7) is 0. The first-order chi connectivity index (χ1) is 5.04. The van der Waals surface area contributed by atoms with Gasteiger partial charge in [0.2, 0.25) is 0 Å². The molecule has 0 aromatic heterocycles. The zero-order valence-corrected chi connectivity index (χ0v) is 6.52. The average Bonchev–Trinajstić information content (AvgIpc) is 1.97. The van der Waals surface area contributed by atoms with Crippen molar-refractivity contribution in [2.24, 2.45) is 0 Å². The first-order valence-electron chi connectivity index (χ1n) is 2.92. The van der Waals surface area contributed by atoms with Crippen molar-refractivity contribution < 1.29 is 0 Å². The summed E-state index contributed by atoms with van der Waals surface area (Å²) >= 11 is 5.67. The molecule has 0 saturated heterocycles. The van der Waals surface area contributed by atoms with Crippen molar-refractivity contribution in [1.82, 2.24) is 0 Å². The molecule has 1 aromatic rings. The van der Waals surface area contributed by atoms with Crippen LogP contribution in [0.3, 0.4) is 0 Å². The number of hydrogen-bond donors (Lipinski definition) is 4. The number of rotatable bonds is 0. The summed E-state index contributed by atoms with van der Waals surface area (Å²) in [5.74, 6) is 0. The molecule has 0 bridgehead atoms. The fourth-order valence-corrected chi connectivity index (χ4v) is 0.894. The van der Waals surface area contributed by atoms with Crippen molar-refractivity contribution in [3.63, 3.8) is 0 Å². The van der Waals surface area contributed by atoms with Gasteiger partial charge in [0.15, 0.2) is 0 Å². The zero-order chi connectivity index (χ0) is 8.59. The number of benzene rings is 1. The third-order valence-corrected chi connectivity index (χ3v) is 1.82. The van der Waals surface area contributed by atoms with Gasteiger partial charge < -0.3 is 22.9 Å². The van der Waals surface area contributed by atoms with Gasteiger partial charge in [0.25, 0.3) is 0 Å². The Morgan fingerprint density at radius 3 is 2.00 bits per heavy atom. The van der Waals surface area contributed by atoms with Crippen LogP contribution in [0, 0.1) is 0 Å². The van der Waals surface area contributed by atoms with Gasteiger partial charge >= 0.3 is 0 Å². The lowest BCUT2D eigenvalue weighted by Crippen LogP contribution is -2.02. The minimum atomic E-state index is 0.240. The van der Waals surface area contributed by atoms with Crippen LogP contribution in [0.1, 0.15) is 0 Å². The molecule has 0 atom stereocenters. The fourth-order valence-electron chi connectivity index (χ4n) is 0.738. The molecule has 0 spiro atoms. The van der Waals surface area contributed by atoms with Crippen molar-refractivity contribution in [3.05, 3.63) is 11.1 Å². The van der Waals surface area contributed by atoms with Crippen molar-refractivity contribution >= 4 is 34.4 Å². The molecule has 11 heavy (non-hydrogen) atoms. The monoisotopic (exact) mass is 172 g/mol. The lowest BCUT2D eigenvalue weighted by molar-refractivity contribution is 1.63. The minimum Gasteiger partial charge on any atom is -0.397 e. The van der Waals surface area contributed by atoms with E-state index in [0.29, 0.717) is 11.4 Å². The number of nitrogens with two attached hydrogens (primary N) is 4. The van der Waals surface area contributed by atoms with Crippen molar-refractivity contribution in [3.8, 4) is 0 Å². The summed E-state index contributed by atoms with van der Waals surface area (Å²) in [4.78, 5) is 0. The van der Waals surface area contributed by atoms with Gasteiger partial charge in [0, 0.05) is 0 Å². The molecular formula is C6H9ClN4. The van der Waals surface area contributed by atoms with Gasteiger partial charge in [0.05, 0.1) is 27.8 Å². The molecule has 0 fully saturated rings. The van der Waals surface area contributed by atoms with E-state index < -0.39 is 0 Å². The second-order valence-electron chi connectivity index (χ2n) is 2.20. The number of anilines is 4. The highest BCUT2D eigenvalue weighted by Gasteiger charge is 2.07. The van der Waals surface area contributed by atoms with Gasteiger partial charge in [-0.25, -0.2) is 0 Å². The zero-order valence-electron chi connectivity index (χ0n) is 5.76. The maximum absolute atomic E-state index is 5.67. The molecule has 5 heteroatoms. The Bertz CT molecular complexity index is 271. The largest absolute Gasteiger partial charge is 0.397 e. The Labute approximate surface area is 69.1 Å². The summed E-state index contributed by atoms with van der Waals surface area (Å²) in [7, 11) is 0. The molecular weight excluding hydrogens is 164 g/mol. The quantitative estimate of drug-likeness (QED) is 0.432. The van der Waals surface area contributed by atoms with Crippen LogP contribution in [0.5, 0.6) is 0 Å². The molecule has 0 radical (unpaired) electrons. The Morgan fingerprint density at radius 1 is 0.909 bits per heavy atom. The van der Waals surface area contributed by atoms with Crippen molar-refractivity contribution in [2.75, 3.05) is 22.9 Å². The molecule has 0 aliphatic heterocycles. The maximum atomic E-state index is 5.67. The lowest BCUT2D eigenvalue weighted by Gasteiger charge is -2.07. The lowest BCUT2D eigenvalue weighted by atomic mass is 10.2. The van der Waals surface area contributed by atoms with Crippen molar-refractivity contribution in [2.45, 2.75) is 0 Å². The third kappa shape index (κ3) is 1.12. The van der Waals surface area contributed by atoms with E-state index in [-0.39, 0.29) is 16.4 Å². The molecule has 0 heterocycles. The van der Waals surface area contributed by atoms with Gasteiger partial charge in [-0.1, -0.05) is 11.6 Å². The fraction of sp³-hybridized carbons (Fsp3) is 0. The Balaban J connectivity index is 3.46. The standard InChI is InChI=1S/C6H9ClN4/c7-4-2(8)1-3(9)5(10)6(4)11/h1H,8-11H2. The smallest absolute Gasteiger partial charge is 0.0887 e. The Hall–Kier alpha value is -1.29. The van der Waals surface area contributed by atoms with E-state index in [0.717, 1.165) is 0 Å². The number of halogens is 1. The maximum Gasteiger partial charge on any atom is 0.0887 e. The SMILES string of the molecule is Nc1cc(N)c(Cl)c(N)c1N. The van der Waals surface area contributed by atoms with Gasteiger partial charge in [-0.15, -0.1) is 0 Å². The molecule has 0 aliphatic rings. The van der Waals surface area contributed by atoms with Crippen LogP contribution in [0.4, 0.5) is 22.7 Å². The topological polar surface area (TPSA) is 104 Å². The molecule has 0 saturated carbocycles. The first-order valence-corrected chi connectivity index (χ1v) is 3.30. The Kier molecular flexibility index (Phi) is 1.70. The van der Waals surface area contributed by atoms with Gasteiger partial charge in [-0.3, -0.25) is 0 Å². The second kappa shape index (κ2) is 2.39. The number of hydrogen-bond acceptors (Lipinski definition) is 4. The van der Waals surface area contributed by atoms with Gasteiger partial charge in [0.1, 0.15) is 0 Å². The molecule has 0 amide bonds. The summed E-state index contributed by atoms with van der Waals surface area (Å²) in [6, 6.07) is 1.48. The normalized spacial score (nSPS) is 9.91. The van der Waals surface area contributed by atoms with E-state index in [2.05, 4.69) is 0 Å². The predicted molar refractivity (Wildman–Crippen MR) is 49.1 cm³/mol. The number of nitrogen functional groups attached to an aromatic ring is 4. The molecule has 8 N–H and O–H groups in total. The van der Waals surface area contributed by atoms with E-state index in [1.807, 2.05) is 0 Å².